The van der Waals surface area contributed by atoms with Crippen LogP contribution in [-0.4, -0.2) is 15.9 Å². The van der Waals surface area contributed by atoms with Crippen molar-refractivity contribution in [3.05, 3.63) is 17.0 Å². The molecule has 1 aliphatic heterocycles. The van der Waals surface area contributed by atoms with Gasteiger partial charge in [-0.2, -0.15) is 0 Å². The van der Waals surface area contributed by atoms with Gasteiger partial charge in [0, 0.05) is 11.8 Å². The van der Waals surface area contributed by atoms with E-state index in [1.165, 1.54) is 0 Å². The monoisotopic (exact) mass is 205 g/mol. The van der Waals surface area contributed by atoms with Gasteiger partial charge in [0.05, 0.1) is 6.42 Å². The third kappa shape index (κ3) is 1.49. The number of carbonyl (C=O) groups is 1. The molecule has 0 aliphatic carbocycles. The maximum Gasteiger partial charge on any atom is 0.230 e. The Morgan fingerprint density at radius 1 is 1.58 bits per heavy atom. The fourth-order valence-electron chi connectivity index (χ4n) is 0.972. The standard InChI is InChI=1S/C6H4ClN3O.ClH/c7-6-8-2-3-1-4(11)9-5(3)10-6;/h2H,1H2,(H,8,9,10,11);1H. The van der Waals surface area contributed by atoms with E-state index in [1.54, 1.807) is 6.20 Å². The molecule has 1 aromatic rings. The van der Waals surface area contributed by atoms with Crippen molar-refractivity contribution in [2.24, 2.45) is 0 Å². The van der Waals surface area contributed by atoms with Crippen molar-refractivity contribution in [1.82, 2.24) is 9.97 Å². The van der Waals surface area contributed by atoms with Crippen LogP contribution in [-0.2, 0) is 11.2 Å². The van der Waals surface area contributed by atoms with E-state index in [0.717, 1.165) is 5.56 Å². The summed E-state index contributed by atoms with van der Waals surface area (Å²) in [7, 11) is 0. The zero-order valence-corrected chi connectivity index (χ0v) is 7.45. The maximum absolute atomic E-state index is 10.8. The number of aromatic nitrogens is 2. The Morgan fingerprint density at radius 2 is 2.33 bits per heavy atom. The van der Waals surface area contributed by atoms with Gasteiger partial charge in [-0.3, -0.25) is 4.79 Å². The molecule has 2 heterocycles. The minimum absolute atomic E-state index is 0. The molecule has 12 heavy (non-hydrogen) atoms. The molecule has 1 amide bonds. The van der Waals surface area contributed by atoms with Gasteiger partial charge >= 0.3 is 0 Å². The van der Waals surface area contributed by atoms with Crippen LogP contribution in [0.25, 0.3) is 0 Å². The lowest BCUT2D eigenvalue weighted by Crippen LogP contribution is -2.04. The number of hydrogen-bond acceptors (Lipinski definition) is 3. The number of anilines is 1. The summed E-state index contributed by atoms with van der Waals surface area (Å²) >= 11 is 5.50. The molecule has 0 radical (unpaired) electrons. The summed E-state index contributed by atoms with van der Waals surface area (Å²) < 4.78 is 0. The van der Waals surface area contributed by atoms with Gasteiger partial charge in [-0.1, -0.05) is 0 Å². The molecule has 1 N–H and O–H groups in total. The molecule has 2 rings (SSSR count). The third-order valence-electron chi connectivity index (χ3n) is 1.44. The molecule has 0 saturated heterocycles. The highest BCUT2D eigenvalue weighted by Gasteiger charge is 2.18. The van der Waals surface area contributed by atoms with Gasteiger partial charge in [0.2, 0.25) is 11.2 Å². The molecule has 4 nitrogen and oxygen atoms in total. The van der Waals surface area contributed by atoms with Crippen LogP contribution in [0.2, 0.25) is 5.28 Å². The van der Waals surface area contributed by atoms with Crippen LogP contribution in [0.1, 0.15) is 5.56 Å². The predicted octanol–water partition coefficient (Wildman–Crippen LogP) is 1.05. The highest BCUT2D eigenvalue weighted by molar-refractivity contribution is 6.28. The van der Waals surface area contributed by atoms with E-state index in [0.29, 0.717) is 12.2 Å². The zero-order valence-electron chi connectivity index (χ0n) is 5.87. The molecule has 0 fully saturated rings. The Kier molecular flexibility index (Phi) is 2.49. The summed E-state index contributed by atoms with van der Waals surface area (Å²) in [5, 5.41) is 2.72. The van der Waals surface area contributed by atoms with E-state index in [1.807, 2.05) is 0 Å². The molecule has 0 atom stereocenters. The Bertz CT molecular complexity index is 329. The fraction of sp³-hybridized carbons (Fsp3) is 0.167. The van der Waals surface area contributed by atoms with Crippen molar-refractivity contribution in [2.45, 2.75) is 6.42 Å². The van der Waals surface area contributed by atoms with E-state index in [-0.39, 0.29) is 23.6 Å². The number of halogens is 2. The average Bonchev–Trinajstić information content (AvgIpc) is 2.27. The quantitative estimate of drug-likeness (QED) is 0.645. The number of fused-ring (bicyclic) bond motifs is 1. The van der Waals surface area contributed by atoms with Gasteiger partial charge in [0.1, 0.15) is 5.82 Å². The lowest BCUT2D eigenvalue weighted by Gasteiger charge is -1.94. The van der Waals surface area contributed by atoms with Crippen LogP contribution in [0.4, 0.5) is 5.82 Å². The lowest BCUT2D eigenvalue weighted by atomic mass is 10.3. The van der Waals surface area contributed by atoms with Crippen LogP contribution in [0.5, 0.6) is 0 Å². The minimum atomic E-state index is -0.0587. The van der Waals surface area contributed by atoms with Crippen molar-refractivity contribution in [1.29, 1.82) is 0 Å². The van der Waals surface area contributed by atoms with Crippen LogP contribution in [0.3, 0.4) is 0 Å². The van der Waals surface area contributed by atoms with E-state index in [4.69, 9.17) is 11.6 Å². The van der Waals surface area contributed by atoms with Gasteiger partial charge in [-0.25, -0.2) is 9.97 Å². The van der Waals surface area contributed by atoms with Gasteiger partial charge in [-0.15, -0.1) is 12.4 Å². The summed E-state index contributed by atoms with van der Waals surface area (Å²) in [5.41, 5.74) is 0.805. The van der Waals surface area contributed by atoms with E-state index in [9.17, 15) is 4.79 Å². The number of carbonyl (C=O) groups excluding carboxylic acids is 1. The Labute approximate surface area is 79.8 Å². The van der Waals surface area contributed by atoms with Gasteiger partial charge in [-0.05, 0) is 11.6 Å². The second kappa shape index (κ2) is 3.25. The molecule has 6 heteroatoms. The van der Waals surface area contributed by atoms with Crippen molar-refractivity contribution < 1.29 is 4.79 Å². The fourth-order valence-corrected chi connectivity index (χ4v) is 1.11. The summed E-state index contributed by atoms with van der Waals surface area (Å²) in [5.74, 6) is 0.478. The zero-order chi connectivity index (χ0) is 7.84. The molecule has 1 aromatic heterocycles. The molecule has 0 spiro atoms. The minimum Gasteiger partial charge on any atom is -0.310 e. The topological polar surface area (TPSA) is 54.9 Å². The number of nitrogens with one attached hydrogen (secondary N) is 1. The average molecular weight is 206 g/mol. The van der Waals surface area contributed by atoms with Crippen LogP contribution in [0, 0.1) is 0 Å². The van der Waals surface area contributed by atoms with Crippen LogP contribution < -0.4 is 5.32 Å². The first-order valence-electron chi connectivity index (χ1n) is 3.07. The first kappa shape index (κ1) is 9.22. The summed E-state index contributed by atoms with van der Waals surface area (Å²) in [6.07, 6.45) is 1.91. The molecular formula is C6H5Cl2N3O. The van der Waals surface area contributed by atoms with Gasteiger partial charge in [0.25, 0.3) is 0 Å². The number of amides is 1. The summed E-state index contributed by atoms with van der Waals surface area (Å²) in [4.78, 5) is 18.4. The van der Waals surface area contributed by atoms with E-state index < -0.39 is 0 Å². The second-order valence-electron chi connectivity index (χ2n) is 2.24. The van der Waals surface area contributed by atoms with Crippen LogP contribution in [0.15, 0.2) is 6.20 Å². The first-order valence-corrected chi connectivity index (χ1v) is 3.45. The molecule has 0 aromatic carbocycles. The molecule has 0 saturated carbocycles. The van der Waals surface area contributed by atoms with Crippen molar-refractivity contribution in [3.63, 3.8) is 0 Å². The first-order chi connectivity index (χ1) is 5.25. The van der Waals surface area contributed by atoms with E-state index >= 15 is 0 Å². The molecule has 1 aliphatic rings. The van der Waals surface area contributed by atoms with Crippen molar-refractivity contribution in [3.8, 4) is 0 Å². The third-order valence-corrected chi connectivity index (χ3v) is 1.63. The summed E-state index contributed by atoms with van der Waals surface area (Å²) in [6, 6.07) is 0. The van der Waals surface area contributed by atoms with Crippen molar-refractivity contribution in [2.75, 3.05) is 5.32 Å². The van der Waals surface area contributed by atoms with Gasteiger partial charge in [0.15, 0.2) is 0 Å². The SMILES string of the molecule is Cl.O=C1Cc2cnc(Cl)nc2N1. The normalized spacial score (nSPS) is 13.2. The molecule has 0 unspecified atom stereocenters. The van der Waals surface area contributed by atoms with Crippen LogP contribution >= 0.6 is 24.0 Å². The van der Waals surface area contributed by atoms with Crippen molar-refractivity contribution >= 4 is 35.7 Å². The van der Waals surface area contributed by atoms with E-state index in [2.05, 4.69) is 15.3 Å². The Hall–Kier alpha value is -0.870. The predicted molar refractivity (Wildman–Crippen MR) is 46.6 cm³/mol. The number of nitrogens with zero attached hydrogens (tertiary/aromatic N) is 2. The Morgan fingerprint density at radius 3 is 3.08 bits per heavy atom. The molecular weight excluding hydrogens is 201 g/mol. The molecule has 0 bridgehead atoms. The number of rotatable bonds is 0. The second-order valence-corrected chi connectivity index (χ2v) is 2.58. The summed E-state index contributed by atoms with van der Waals surface area (Å²) in [6.45, 7) is 0. The highest BCUT2D eigenvalue weighted by atomic mass is 35.5. The largest absolute Gasteiger partial charge is 0.310 e. The molecule has 64 valence electrons. The highest BCUT2D eigenvalue weighted by Crippen LogP contribution is 2.19. The maximum atomic E-state index is 10.8. The van der Waals surface area contributed by atoms with Gasteiger partial charge < -0.3 is 5.32 Å². The lowest BCUT2D eigenvalue weighted by molar-refractivity contribution is -0.115. The Balaban J connectivity index is 0.000000720. The number of hydrogen-bond donors (Lipinski definition) is 1. The smallest absolute Gasteiger partial charge is 0.230 e.